The van der Waals surface area contributed by atoms with Crippen LogP contribution < -0.4 is 5.32 Å². The first-order chi connectivity index (χ1) is 12.1. The molecule has 0 bridgehead atoms. The van der Waals surface area contributed by atoms with Crippen LogP contribution in [0.25, 0.3) is 22.2 Å². The van der Waals surface area contributed by atoms with Crippen LogP contribution in [0.3, 0.4) is 0 Å². The number of carbonyl (C=O) groups excluding carboxylic acids is 1. The monoisotopic (exact) mass is 335 g/mol. The van der Waals surface area contributed by atoms with Gasteiger partial charge in [-0.3, -0.25) is 14.6 Å². The zero-order chi connectivity index (χ0) is 17.4. The minimum atomic E-state index is -0.252. The Morgan fingerprint density at radius 3 is 2.92 bits per heavy atom. The van der Waals surface area contributed by atoms with Crippen LogP contribution in [0.1, 0.15) is 30.4 Å². The molecular weight excluding hydrogens is 318 g/mol. The number of H-pyrrole nitrogens is 1. The lowest BCUT2D eigenvalue weighted by atomic mass is 10.2. The van der Waals surface area contributed by atoms with Crippen LogP contribution in [0.4, 0.5) is 5.69 Å². The topological polar surface area (TPSA) is 88.7 Å². The average Bonchev–Trinajstić information content (AvgIpc) is 3.33. The quantitative estimate of drug-likeness (QED) is 0.593. The third kappa shape index (κ3) is 2.80. The Balaban J connectivity index is 1.55. The van der Waals surface area contributed by atoms with Gasteiger partial charge in [0.15, 0.2) is 0 Å². The molecule has 0 aliphatic carbocycles. The highest BCUT2D eigenvalue weighted by molar-refractivity contribution is 6.04. The van der Waals surface area contributed by atoms with Crippen LogP contribution in [0.15, 0.2) is 53.5 Å². The normalized spacial score (nSPS) is 11.3. The zero-order valence-corrected chi connectivity index (χ0v) is 13.9. The highest BCUT2D eigenvalue weighted by Gasteiger charge is 2.13. The Hall–Kier alpha value is -3.35. The fraction of sp³-hybridized carbons (Fsp3) is 0.167. The maximum atomic E-state index is 12.4. The van der Waals surface area contributed by atoms with Crippen molar-refractivity contribution in [1.82, 2.24) is 20.0 Å². The van der Waals surface area contributed by atoms with Crippen LogP contribution in [0, 0.1) is 0 Å². The molecule has 7 nitrogen and oxygen atoms in total. The minimum Gasteiger partial charge on any atom is -0.472 e. The van der Waals surface area contributed by atoms with Crippen LogP contribution >= 0.6 is 0 Å². The number of nitrogens with zero attached hydrogens (tertiary/aromatic N) is 3. The summed E-state index contributed by atoms with van der Waals surface area (Å²) in [4.78, 5) is 12.4. The molecule has 4 aromatic rings. The summed E-state index contributed by atoms with van der Waals surface area (Å²) in [6.45, 7) is 4.16. The molecule has 4 rings (SSSR count). The number of furan rings is 1. The molecule has 0 aliphatic heterocycles. The van der Waals surface area contributed by atoms with Crippen molar-refractivity contribution >= 4 is 22.5 Å². The summed E-state index contributed by atoms with van der Waals surface area (Å²) in [6.07, 6.45) is 4.95. The second-order valence-electron chi connectivity index (χ2n) is 6.09. The molecule has 25 heavy (non-hydrogen) atoms. The number of hydrogen-bond acceptors (Lipinski definition) is 4. The van der Waals surface area contributed by atoms with Gasteiger partial charge in [-0.15, -0.1) is 0 Å². The number of rotatable bonds is 4. The van der Waals surface area contributed by atoms with Crippen molar-refractivity contribution in [2.24, 2.45) is 0 Å². The van der Waals surface area contributed by atoms with Crippen LogP contribution in [0.2, 0.25) is 0 Å². The largest absolute Gasteiger partial charge is 0.472 e. The lowest BCUT2D eigenvalue weighted by Gasteiger charge is -2.08. The molecule has 1 aromatic carbocycles. The molecule has 0 atom stereocenters. The predicted octanol–water partition coefficient (Wildman–Crippen LogP) is 3.85. The second-order valence-corrected chi connectivity index (χ2v) is 6.09. The number of fused-ring (bicyclic) bond motifs is 1. The molecule has 0 radical (unpaired) electrons. The Kier molecular flexibility index (Phi) is 3.61. The van der Waals surface area contributed by atoms with Crippen molar-refractivity contribution in [3.8, 4) is 11.3 Å². The smallest absolute Gasteiger partial charge is 0.273 e. The average molecular weight is 335 g/mol. The standard InChI is InChI=1S/C18H17N5O2/c1-11(2)23-17-4-3-14(7-13(17)9-19-23)20-18(24)16-8-15(21-22-16)12-5-6-25-10-12/h3-11H,1-2H3,(H,20,24)(H,21,22). The van der Waals surface area contributed by atoms with Crippen molar-refractivity contribution in [1.29, 1.82) is 0 Å². The van der Waals surface area contributed by atoms with Crippen molar-refractivity contribution in [2.75, 3.05) is 5.32 Å². The van der Waals surface area contributed by atoms with Crippen molar-refractivity contribution < 1.29 is 9.21 Å². The SMILES string of the molecule is CC(C)n1ncc2cc(NC(=O)c3cc(-c4ccoc4)n[nH]3)ccc21. The Morgan fingerprint density at radius 1 is 1.28 bits per heavy atom. The summed E-state index contributed by atoms with van der Waals surface area (Å²) in [5.74, 6) is -0.252. The lowest BCUT2D eigenvalue weighted by Crippen LogP contribution is -2.12. The summed E-state index contributed by atoms with van der Waals surface area (Å²) in [6, 6.07) is 9.50. The first-order valence-electron chi connectivity index (χ1n) is 7.98. The first-order valence-corrected chi connectivity index (χ1v) is 7.98. The highest BCUT2D eigenvalue weighted by atomic mass is 16.3. The van der Waals surface area contributed by atoms with Gasteiger partial charge >= 0.3 is 0 Å². The van der Waals surface area contributed by atoms with Gasteiger partial charge in [-0.25, -0.2) is 0 Å². The first kappa shape index (κ1) is 15.2. The highest BCUT2D eigenvalue weighted by Crippen LogP contribution is 2.22. The molecule has 1 amide bonds. The van der Waals surface area contributed by atoms with E-state index in [1.807, 2.05) is 22.9 Å². The van der Waals surface area contributed by atoms with Gasteiger partial charge in [-0.05, 0) is 44.2 Å². The van der Waals surface area contributed by atoms with E-state index in [0.29, 0.717) is 17.1 Å². The van der Waals surface area contributed by atoms with Gasteiger partial charge < -0.3 is 9.73 Å². The molecule has 0 saturated heterocycles. The van der Waals surface area contributed by atoms with Crippen molar-refractivity contribution in [2.45, 2.75) is 19.9 Å². The van der Waals surface area contributed by atoms with Gasteiger partial charge in [0.05, 0.1) is 29.9 Å². The Morgan fingerprint density at radius 2 is 2.16 bits per heavy atom. The summed E-state index contributed by atoms with van der Waals surface area (Å²) in [7, 11) is 0. The molecule has 7 heteroatoms. The van der Waals surface area contributed by atoms with Gasteiger partial charge in [0.25, 0.3) is 5.91 Å². The number of carbonyl (C=O) groups is 1. The molecule has 0 aliphatic rings. The summed E-state index contributed by atoms with van der Waals surface area (Å²) < 4.78 is 6.98. The number of amides is 1. The molecule has 0 unspecified atom stereocenters. The van der Waals surface area contributed by atoms with Gasteiger partial charge in [0, 0.05) is 22.7 Å². The zero-order valence-electron chi connectivity index (χ0n) is 13.9. The van der Waals surface area contributed by atoms with Crippen molar-refractivity contribution in [3.05, 3.63) is 54.7 Å². The summed E-state index contributed by atoms with van der Waals surface area (Å²) in [5, 5.41) is 15.1. The molecular formula is C18H17N5O2. The minimum absolute atomic E-state index is 0.252. The predicted molar refractivity (Wildman–Crippen MR) is 94.4 cm³/mol. The second kappa shape index (κ2) is 5.94. The summed E-state index contributed by atoms with van der Waals surface area (Å²) in [5.41, 5.74) is 3.61. The number of nitrogens with one attached hydrogen (secondary N) is 2. The van der Waals surface area contributed by atoms with Crippen LogP contribution in [-0.2, 0) is 0 Å². The number of benzene rings is 1. The van der Waals surface area contributed by atoms with Crippen molar-refractivity contribution in [3.63, 3.8) is 0 Å². The van der Waals surface area contributed by atoms with E-state index in [1.54, 1.807) is 30.9 Å². The number of aromatic nitrogens is 4. The van der Waals surface area contributed by atoms with Gasteiger partial charge in [0.2, 0.25) is 0 Å². The molecule has 126 valence electrons. The van der Waals surface area contributed by atoms with E-state index in [0.717, 1.165) is 16.5 Å². The van der Waals surface area contributed by atoms with E-state index in [9.17, 15) is 4.79 Å². The maximum Gasteiger partial charge on any atom is 0.273 e. The molecule has 0 fully saturated rings. The Labute approximate surface area is 143 Å². The Bertz CT molecular complexity index is 1030. The van der Waals surface area contributed by atoms with E-state index in [-0.39, 0.29) is 11.9 Å². The molecule has 0 saturated carbocycles. The van der Waals surface area contributed by atoms with Gasteiger partial charge in [-0.1, -0.05) is 0 Å². The fourth-order valence-electron chi connectivity index (χ4n) is 2.74. The van der Waals surface area contributed by atoms with E-state index < -0.39 is 0 Å². The molecule has 0 spiro atoms. The van der Waals surface area contributed by atoms with Gasteiger partial charge in [0.1, 0.15) is 5.69 Å². The van der Waals surface area contributed by atoms with E-state index in [2.05, 4.69) is 34.5 Å². The summed E-state index contributed by atoms with van der Waals surface area (Å²) >= 11 is 0. The van der Waals surface area contributed by atoms with E-state index in [4.69, 9.17) is 4.42 Å². The molecule has 3 heterocycles. The van der Waals surface area contributed by atoms with Crippen LogP contribution in [-0.4, -0.2) is 25.9 Å². The number of aromatic amines is 1. The third-order valence-electron chi connectivity index (χ3n) is 3.98. The molecule has 2 N–H and O–H groups in total. The van der Waals surface area contributed by atoms with E-state index in [1.165, 1.54) is 0 Å². The van der Waals surface area contributed by atoms with E-state index >= 15 is 0 Å². The number of anilines is 1. The third-order valence-corrected chi connectivity index (χ3v) is 3.98. The number of hydrogen-bond donors (Lipinski definition) is 2. The van der Waals surface area contributed by atoms with Crippen LogP contribution in [0.5, 0.6) is 0 Å². The lowest BCUT2D eigenvalue weighted by molar-refractivity contribution is 0.102. The fourth-order valence-corrected chi connectivity index (χ4v) is 2.74. The molecule has 3 aromatic heterocycles. The maximum absolute atomic E-state index is 12.4. The van der Waals surface area contributed by atoms with Gasteiger partial charge in [-0.2, -0.15) is 10.2 Å².